The van der Waals surface area contributed by atoms with E-state index in [1.165, 1.54) is 0 Å². The van der Waals surface area contributed by atoms with Crippen LogP contribution in [0.25, 0.3) is 11.0 Å². The van der Waals surface area contributed by atoms with E-state index in [2.05, 4.69) is 24.3 Å². The minimum absolute atomic E-state index is 0.278. The molecule has 0 unspecified atom stereocenters. The van der Waals surface area contributed by atoms with Gasteiger partial charge < -0.3 is 18.9 Å². The summed E-state index contributed by atoms with van der Waals surface area (Å²) in [6.45, 7) is -0.944. The molecule has 6 aromatic rings. The van der Waals surface area contributed by atoms with Crippen LogP contribution in [-0.2, 0) is 0 Å². The molecule has 10 rings (SSSR count). The highest BCUT2D eigenvalue weighted by atomic mass is 16.5. The molecule has 0 saturated carbocycles. The van der Waals surface area contributed by atoms with Crippen LogP contribution in [0.5, 0.6) is 46.3 Å². The van der Waals surface area contributed by atoms with Gasteiger partial charge in [-0.3, -0.25) is 0 Å². The second kappa shape index (κ2) is 9.14. The van der Waals surface area contributed by atoms with Crippen molar-refractivity contribution in [2.24, 2.45) is 0 Å². The summed E-state index contributed by atoms with van der Waals surface area (Å²) in [6.07, 6.45) is 0. The molecular formula is C36H12B2N6O4. The van der Waals surface area contributed by atoms with Crippen LogP contribution < -0.4 is 51.7 Å². The number of fused-ring (bicyclic) bond motifs is 11. The molecule has 4 aliphatic rings. The first-order valence-electron chi connectivity index (χ1n) is 14.9. The van der Waals surface area contributed by atoms with Crippen molar-refractivity contribution < 1.29 is 18.9 Å². The van der Waals surface area contributed by atoms with E-state index < -0.39 is 13.4 Å². The second-order valence-electron chi connectivity index (χ2n) is 11.7. The molecule has 0 bridgehead atoms. The molecule has 0 amide bonds. The van der Waals surface area contributed by atoms with Gasteiger partial charge in [-0.15, -0.1) is 0 Å². The topological polar surface area (TPSA) is 158 Å². The van der Waals surface area contributed by atoms with Crippen LogP contribution in [0, 0.1) is 45.3 Å². The molecule has 0 aliphatic carbocycles. The summed E-state index contributed by atoms with van der Waals surface area (Å²) in [6, 6.07) is 29.7. The molecule has 0 fully saturated rings. The number of nitriles is 4. The molecule has 10 nitrogen and oxygen atoms in total. The highest BCUT2D eigenvalue weighted by Gasteiger charge is 2.46. The number of nitrogens with zero attached hydrogens (tertiary/aromatic N) is 6. The van der Waals surface area contributed by atoms with Crippen molar-refractivity contribution in [1.29, 1.82) is 21.0 Å². The standard InChI is InChI=1S/C36H12B2N6O4/c39-13-17-1-5-25-21(9-17)37-23-11-19(15-41)3-7-27(23)47-35-29(37)33(45-25)31-32(44-35)34-30-36(43-31)48-28-8-4-20(16-42)12-24(28)38(30)22-10-18(14-40)2-6-26(22)46-34/h1-12H. The zero-order valence-electron chi connectivity index (χ0n) is 24.4. The fourth-order valence-electron chi connectivity index (χ4n) is 7.20. The Bertz CT molecular complexity index is 2480. The summed E-state index contributed by atoms with van der Waals surface area (Å²) < 4.78 is 26.1. The largest absolute Gasteiger partial charge is 0.456 e. The molecule has 6 heterocycles. The third-order valence-electron chi connectivity index (χ3n) is 9.25. The zero-order valence-corrected chi connectivity index (χ0v) is 24.4. The number of pyridine rings is 2. The SMILES string of the molecule is N#Cc1ccc2c(c1)B1c3cc(C#N)ccc3Oc3c1c(nc1c4c5c(nc31)Oc1ccc(C#N)cc1B5c1cc(C#N)ccc1O4)O2. The maximum atomic E-state index is 9.74. The van der Waals surface area contributed by atoms with Crippen LogP contribution in [0.3, 0.4) is 0 Å². The summed E-state index contributed by atoms with van der Waals surface area (Å²) in [7, 11) is 0. The molecule has 12 heteroatoms. The van der Waals surface area contributed by atoms with Gasteiger partial charge in [0, 0.05) is 10.9 Å². The number of hydrogen-bond donors (Lipinski definition) is 0. The van der Waals surface area contributed by atoms with Gasteiger partial charge in [0.25, 0.3) is 13.4 Å². The zero-order chi connectivity index (χ0) is 32.3. The minimum Gasteiger partial charge on any atom is -0.456 e. The average molecular weight is 614 g/mol. The summed E-state index contributed by atoms with van der Waals surface area (Å²) in [5.74, 6) is 3.44. The monoisotopic (exact) mass is 614 g/mol. The van der Waals surface area contributed by atoms with E-state index >= 15 is 0 Å². The van der Waals surface area contributed by atoms with Crippen molar-refractivity contribution >= 4 is 57.2 Å². The Balaban J connectivity index is 1.29. The van der Waals surface area contributed by atoms with Gasteiger partial charge in [-0.25, -0.2) is 9.97 Å². The minimum atomic E-state index is -0.472. The Hall–Kier alpha value is -7.27. The Morgan fingerprint density at radius 3 is 1.06 bits per heavy atom. The Kier molecular flexibility index (Phi) is 4.95. The summed E-state index contributed by atoms with van der Waals surface area (Å²) in [5, 5.41) is 38.9. The fourth-order valence-corrected chi connectivity index (χ4v) is 7.20. The van der Waals surface area contributed by atoms with Gasteiger partial charge >= 0.3 is 0 Å². The van der Waals surface area contributed by atoms with Crippen LogP contribution in [0.2, 0.25) is 0 Å². The molecule has 48 heavy (non-hydrogen) atoms. The summed E-state index contributed by atoms with van der Waals surface area (Å²) >= 11 is 0. The molecule has 0 saturated heterocycles. The Morgan fingerprint density at radius 1 is 0.438 bits per heavy atom. The maximum absolute atomic E-state index is 9.74. The van der Waals surface area contributed by atoms with Gasteiger partial charge in [-0.1, -0.05) is 0 Å². The van der Waals surface area contributed by atoms with Crippen LogP contribution in [0.4, 0.5) is 0 Å². The van der Waals surface area contributed by atoms with E-state index in [1.807, 2.05) is 0 Å². The normalized spacial score (nSPS) is 13.1. The number of aromatic nitrogens is 2. The van der Waals surface area contributed by atoms with E-state index in [0.29, 0.717) is 78.7 Å². The summed E-state index contributed by atoms with van der Waals surface area (Å²) in [5.41, 5.74) is 6.74. The fraction of sp³-hybridized carbons (Fsp3) is 0. The lowest BCUT2D eigenvalue weighted by Gasteiger charge is -2.35. The molecule has 2 aromatic heterocycles. The van der Waals surface area contributed by atoms with Crippen molar-refractivity contribution in [2.45, 2.75) is 0 Å². The molecular weight excluding hydrogens is 602 g/mol. The lowest BCUT2D eigenvalue weighted by molar-refractivity contribution is 0.443. The van der Waals surface area contributed by atoms with E-state index in [1.54, 1.807) is 72.8 Å². The molecule has 0 N–H and O–H groups in total. The van der Waals surface area contributed by atoms with E-state index in [0.717, 1.165) is 21.9 Å². The van der Waals surface area contributed by atoms with Crippen molar-refractivity contribution in [3.63, 3.8) is 0 Å². The average Bonchev–Trinajstić information content (AvgIpc) is 3.13. The highest BCUT2D eigenvalue weighted by Crippen LogP contribution is 2.44. The lowest BCUT2D eigenvalue weighted by atomic mass is 9.34. The number of hydrogen-bond acceptors (Lipinski definition) is 10. The third-order valence-corrected chi connectivity index (χ3v) is 9.25. The number of rotatable bonds is 0. The van der Waals surface area contributed by atoms with Crippen LogP contribution in [-0.4, -0.2) is 23.4 Å². The smallest absolute Gasteiger partial charge is 0.263 e. The predicted octanol–water partition coefficient (Wildman–Crippen LogP) is 2.57. The van der Waals surface area contributed by atoms with Gasteiger partial charge in [-0.05, 0) is 94.6 Å². The second-order valence-corrected chi connectivity index (χ2v) is 11.7. The van der Waals surface area contributed by atoms with Crippen molar-refractivity contribution in [2.75, 3.05) is 0 Å². The van der Waals surface area contributed by atoms with E-state index in [4.69, 9.17) is 28.9 Å². The van der Waals surface area contributed by atoms with Gasteiger partial charge in [0.05, 0.1) is 46.5 Å². The van der Waals surface area contributed by atoms with Gasteiger partial charge in [0.2, 0.25) is 11.8 Å². The quantitative estimate of drug-likeness (QED) is 0.233. The molecule has 4 aromatic carbocycles. The molecule has 216 valence electrons. The molecule has 4 aliphatic heterocycles. The molecule has 0 spiro atoms. The maximum Gasteiger partial charge on any atom is 0.263 e. The molecule has 0 radical (unpaired) electrons. The number of ether oxygens (including phenoxy) is 4. The lowest BCUT2D eigenvalue weighted by Crippen LogP contribution is -2.58. The highest BCUT2D eigenvalue weighted by molar-refractivity contribution is 6.99. The molecule has 0 atom stereocenters. The van der Waals surface area contributed by atoms with Crippen molar-refractivity contribution in [3.8, 4) is 70.5 Å². The first-order chi connectivity index (χ1) is 23.6. The van der Waals surface area contributed by atoms with Crippen LogP contribution in [0.1, 0.15) is 22.3 Å². The number of benzene rings is 4. The van der Waals surface area contributed by atoms with Crippen LogP contribution in [0.15, 0.2) is 72.8 Å². The Morgan fingerprint density at radius 2 is 0.750 bits per heavy atom. The summed E-state index contributed by atoms with van der Waals surface area (Å²) in [4.78, 5) is 10.1. The first kappa shape index (κ1) is 26.0. The van der Waals surface area contributed by atoms with Crippen molar-refractivity contribution in [3.05, 3.63) is 95.1 Å². The third kappa shape index (κ3) is 3.33. The van der Waals surface area contributed by atoms with Gasteiger partial charge in [0.15, 0.2) is 11.5 Å². The van der Waals surface area contributed by atoms with Crippen molar-refractivity contribution in [1.82, 2.24) is 9.97 Å². The van der Waals surface area contributed by atoms with Gasteiger partial charge in [0.1, 0.15) is 34.0 Å². The first-order valence-corrected chi connectivity index (χ1v) is 14.9. The van der Waals surface area contributed by atoms with Gasteiger partial charge in [-0.2, -0.15) is 21.0 Å². The predicted molar refractivity (Wildman–Crippen MR) is 174 cm³/mol. The van der Waals surface area contributed by atoms with E-state index in [-0.39, 0.29) is 11.8 Å². The Labute approximate surface area is 272 Å². The van der Waals surface area contributed by atoms with Crippen LogP contribution >= 0.6 is 0 Å². The van der Waals surface area contributed by atoms with E-state index in [9.17, 15) is 21.0 Å².